The molecule has 1 aromatic rings. The van der Waals surface area contributed by atoms with Crippen LogP contribution in [0.1, 0.15) is 11.7 Å². The Hall–Kier alpha value is -1.36. The number of benzene rings is 1. The minimum absolute atomic E-state index is 0. The molecule has 0 aromatic heterocycles. The maximum Gasteiger partial charge on any atom is 0.256 e. The Morgan fingerprint density at radius 2 is 1.74 bits per heavy atom. The van der Waals surface area contributed by atoms with E-state index in [4.69, 9.17) is 0 Å². The van der Waals surface area contributed by atoms with Gasteiger partial charge in [0, 0.05) is 26.2 Å². The lowest BCUT2D eigenvalue weighted by molar-refractivity contribution is -0.139. The average Bonchev–Trinajstić information content (AvgIpc) is 2.99. The van der Waals surface area contributed by atoms with Crippen LogP contribution in [-0.2, 0) is 4.79 Å². The van der Waals surface area contributed by atoms with E-state index in [9.17, 15) is 9.90 Å². The predicted octanol–water partition coefficient (Wildman–Crippen LogP) is 0.884. The Morgan fingerprint density at radius 3 is 2.32 bits per heavy atom. The Bertz CT molecular complexity index is 485. The first-order chi connectivity index (χ1) is 8.75. The van der Waals surface area contributed by atoms with Crippen molar-refractivity contribution in [3.8, 4) is 0 Å². The second kappa shape index (κ2) is 5.74. The molecule has 1 atom stereocenters. The van der Waals surface area contributed by atoms with Crippen LogP contribution in [0.25, 0.3) is 0 Å². The van der Waals surface area contributed by atoms with Gasteiger partial charge in [-0.3, -0.25) is 4.79 Å². The summed E-state index contributed by atoms with van der Waals surface area (Å²) < 4.78 is 0. The molecule has 0 saturated heterocycles. The van der Waals surface area contributed by atoms with Gasteiger partial charge in [0.05, 0.1) is 0 Å². The van der Waals surface area contributed by atoms with Crippen LogP contribution in [0.4, 0.5) is 0 Å². The molecule has 1 amide bonds. The summed E-state index contributed by atoms with van der Waals surface area (Å²) in [5.74, 6) is -0.199. The van der Waals surface area contributed by atoms with Crippen LogP contribution in [-0.4, -0.2) is 42.1 Å². The summed E-state index contributed by atoms with van der Waals surface area (Å²) in [5, 5.41) is 13.4. The quantitative estimate of drug-likeness (QED) is 0.791. The second-order valence-electron chi connectivity index (χ2n) is 4.82. The molecule has 102 valence electrons. The van der Waals surface area contributed by atoms with Crippen LogP contribution >= 0.6 is 12.4 Å². The van der Waals surface area contributed by atoms with E-state index in [1.807, 2.05) is 18.2 Å². The third-order valence-corrected chi connectivity index (χ3v) is 3.60. The molecule has 0 unspecified atom stereocenters. The van der Waals surface area contributed by atoms with Crippen LogP contribution in [0.15, 0.2) is 41.5 Å². The van der Waals surface area contributed by atoms with Gasteiger partial charge in [0.15, 0.2) is 6.10 Å². The maximum absolute atomic E-state index is 12.2. The van der Waals surface area contributed by atoms with E-state index in [2.05, 4.69) is 5.32 Å². The third-order valence-electron chi connectivity index (χ3n) is 3.60. The summed E-state index contributed by atoms with van der Waals surface area (Å²) in [5.41, 5.74) is 3.28. The van der Waals surface area contributed by atoms with Crippen LogP contribution in [0.2, 0.25) is 0 Å². The normalized spacial score (nSPS) is 19.1. The highest BCUT2D eigenvalue weighted by Crippen LogP contribution is 2.24. The van der Waals surface area contributed by atoms with E-state index in [1.54, 1.807) is 17.0 Å². The number of nitrogens with zero attached hydrogens (tertiary/aromatic N) is 1. The largest absolute Gasteiger partial charge is 0.378 e. The number of carbonyl (C=O) groups excluding carboxylic acids is 1. The van der Waals surface area contributed by atoms with Gasteiger partial charge in [-0.2, -0.15) is 0 Å². The Labute approximate surface area is 118 Å². The highest BCUT2D eigenvalue weighted by Gasteiger charge is 2.31. The Kier molecular flexibility index (Phi) is 4.24. The van der Waals surface area contributed by atoms with E-state index < -0.39 is 6.10 Å². The number of aliphatic hydroxyl groups excluding tert-OH is 1. The summed E-state index contributed by atoms with van der Waals surface area (Å²) in [7, 11) is 0. The maximum atomic E-state index is 12.2. The fourth-order valence-electron chi connectivity index (χ4n) is 2.57. The van der Waals surface area contributed by atoms with Crippen molar-refractivity contribution in [3.63, 3.8) is 0 Å². The molecule has 2 aliphatic rings. The van der Waals surface area contributed by atoms with Gasteiger partial charge in [-0.25, -0.2) is 0 Å². The molecule has 0 bridgehead atoms. The SMILES string of the molecule is Cl.O=C([C@H](O)c1ccccc1)N1CC2=C(CNC2)C1. The van der Waals surface area contributed by atoms with Gasteiger partial charge in [-0.1, -0.05) is 30.3 Å². The molecule has 2 N–H and O–H groups in total. The van der Waals surface area contributed by atoms with Gasteiger partial charge in [0.2, 0.25) is 0 Å². The van der Waals surface area contributed by atoms with Crippen molar-refractivity contribution in [1.29, 1.82) is 0 Å². The Balaban J connectivity index is 0.00000133. The van der Waals surface area contributed by atoms with Crippen molar-refractivity contribution < 1.29 is 9.90 Å². The number of nitrogens with one attached hydrogen (secondary N) is 1. The number of rotatable bonds is 2. The first-order valence-electron chi connectivity index (χ1n) is 6.18. The minimum Gasteiger partial charge on any atom is -0.378 e. The van der Waals surface area contributed by atoms with E-state index in [-0.39, 0.29) is 18.3 Å². The lowest BCUT2D eigenvalue weighted by atomic mass is 10.1. The molecule has 0 aliphatic carbocycles. The fraction of sp³-hybridized carbons (Fsp3) is 0.357. The topological polar surface area (TPSA) is 52.6 Å². The zero-order valence-corrected chi connectivity index (χ0v) is 11.3. The number of hydrogen-bond donors (Lipinski definition) is 2. The van der Waals surface area contributed by atoms with Gasteiger partial charge < -0.3 is 15.3 Å². The number of halogens is 1. The number of aliphatic hydroxyl groups is 1. The van der Waals surface area contributed by atoms with Gasteiger partial charge in [0.1, 0.15) is 0 Å². The zero-order chi connectivity index (χ0) is 12.5. The lowest BCUT2D eigenvalue weighted by Crippen LogP contribution is -2.36. The lowest BCUT2D eigenvalue weighted by Gasteiger charge is -2.21. The van der Waals surface area contributed by atoms with Gasteiger partial charge in [-0.15, -0.1) is 12.4 Å². The van der Waals surface area contributed by atoms with Gasteiger partial charge >= 0.3 is 0 Å². The number of hydrogen-bond acceptors (Lipinski definition) is 3. The minimum atomic E-state index is -1.04. The summed E-state index contributed by atoms with van der Waals surface area (Å²) in [4.78, 5) is 13.9. The van der Waals surface area contributed by atoms with E-state index in [0.29, 0.717) is 18.7 Å². The van der Waals surface area contributed by atoms with Crippen LogP contribution < -0.4 is 5.32 Å². The third kappa shape index (κ3) is 2.66. The molecule has 19 heavy (non-hydrogen) atoms. The van der Waals surface area contributed by atoms with Crippen molar-refractivity contribution in [2.24, 2.45) is 0 Å². The Morgan fingerprint density at radius 1 is 1.16 bits per heavy atom. The molecule has 4 nitrogen and oxygen atoms in total. The average molecular weight is 281 g/mol. The molecule has 0 spiro atoms. The van der Waals surface area contributed by atoms with Crippen LogP contribution in [0.3, 0.4) is 0 Å². The molecule has 1 aromatic carbocycles. The second-order valence-corrected chi connectivity index (χ2v) is 4.82. The van der Waals surface area contributed by atoms with Crippen molar-refractivity contribution in [2.75, 3.05) is 26.2 Å². The van der Waals surface area contributed by atoms with E-state index in [0.717, 1.165) is 13.1 Å². The number of carbonyl (C=O) groups is 1. The molecule has 0 radical (unpaired) electrons. The zero-order valence-electron chi connectivity index (χ0n) is 10.5. The van der Waals surface area contributed by atoms with Crippen molar-refractivity contribution in [3.05, 3.63) is 47.0 Å². The first kappa shape index (κ1) is 14.1. The van der Waals surface area contributed by atoms with Crippen molar-refractivity contribution >= 4 is 18.3 Å². The molecule has 3 rings (SSSR count). The molecule has 5 heteroatoms. The highest BCUT2D eigenvalue weighted by atomic mass is 35.5. The summed E-state index contributed by atoms with van der Waals surface area (Å²) in [6.07, 6.45) is -1.04. The van der Waals surface area contributed by atoms with Crippen LogP contribution in [0, 0.1) is 0 Å². The van der Waals surface area contributed by atoms with E-state index >= 15 is 0 Å². The molecule has 0 fully saturated rings. The summed E-state index contributed by atoms with van der Waals surface area (Å²) >= 11 is 0. The summed E-state index contributed by atoms with van der Waals surface area (Å²) in [6, 6.07) is 9.09. The predicted molar refractivity (Wildman–Crippen MR) is 75.1 cm³/mol. The van der Waals surface area contributed by atoms with Crippen molar-refractivity contribution in [1.82, 2.24) is 10.2 Å². The number of amides is 1. The standard InChI is InChI=1S/C14H16N2O2.ClH/c17-13(10-4-2-1-3-5-10)14(18)16-8-11-6-15-7-12(11)9-16;/h1-5,13,15,17H,6-9H2;1H/t13-;/m1./s1. The van der Waals surface area contributed by atoms with Crippen LogP contribution in [0.5, 0.6) is 0 Å². The molecule has 2 aliphatic heterocycles. The van der Waals surface area contributed by atoms with Gasteiger partial charge in [-0.05, 0) is 16.7 Å². The van der Waals surface area contributed by atoms with Crippen molar-refractivity contribution in [2.45, 2.75) is 6.10 Å². The molecular formula is C14H17ClN2O2. The monoisotopic (exact) mass is 280 g/mol. The first-order valence-corrected chi connectivity index (χ1v) is 6.18. The smallest absolute Gasteiger partial charge is 0.256 e. The highest BCUT2D eigenvalue weighted by molar-refractivity contribution is 5.85. The molecule has 2 heterocycles. The fourth-order valence-corrected chi connectivity index (χ4v) is 2.57. The van der Waals surface area contributed by atoms with E-state index in [1.165, 1.54) is 11.1 Å². The van der Waals surface area contributed by atoms with Gasteiger partial charge in [0.25, 0.3) is 5.91 Å². The molecular weight excluding hydrogens is 264 g/mol. The summed E-state index contributed by atoms with van der Waals surface area (Å²) in [6.45, 7) is 3.07. The molecule has 0 saturated carbocycles.